The lowest BCUT2D eigenvalue weighted by molar-refractivity contribution is -0.132. The molecule has 1 fully saturated rings. The van der Waals surface area contributed by atoms with E-state index >= 15 is 0 Å². The van der Waals surface area contributed by atoms with Gasteiger partial charge in [0.25, 0.3) is 5.91 Å². The zero-order chi connectivity index (χ0) is 41.3. The Balaban J connectivity index is 0.00000397. The number of hydrogen-bond acceptors (Lipinski definition) is 9. The first-order chi connectivity index (χ1) is 27.9. The minimum atomic E-state index is -0.985. The van der Waals surface area contributed by atoms with Gasteiger partial charge in [-0.3, -0.25) is 14.5 Å². The van der Waals surface area contributed by atoms with Gasteiger partial charge in [0.1, 0.15) is 17.2 Å². The van der Waals surface area contributed by atoms with Gasteiger partial charge in [0.05, 0.1) is 29.4 Å². The van der Waals surface area contributed by atoms with Gasteiger partial charge in [0, 0.05) is 67.4 Å². The highest BCUT2D eigenvalue weighted by molar-refractivity contribution is 6.32. The van der Waals surface area contributed by atoms with E-state index in [1.807, 2.05) is 48.5 Å². The lowest BCUT2D eigenvalue weighted by atomic mass is 9.89. The van der Waals surface area contributed by atoms with Gasteiger partial charge >= 0.3 is 6.09 Å². The van der Waals surface area contributed by atoms with Gasteiger partial charge in [-0.05, 0) is 79.5 Å². The molecule has 1 aromatic heterocycles. The summed E-state index contributed by atoms with van der Waals surface area (Å²) in [5.41, 5.74) is 10.7. The van der Waals surface area contributed by atoms with Gasteiger partial charge in [-0.1, -0.05) is 60.1 Å². The number of aromatic amines is 1. The van der Waals surface area contributed by atoms with E-state index in [2.05, 4.69) is 10.3 Å². The first kappa shape index (κ1) is 47.7. The normalized spacial score (nSPS) is 15.3. The molecule has 2 amide bonds. The number of methoxy groups -OCH3 is 1. The number of carbonyl (C=O) groups is 2. The summed E-state index contributed by atoms with van der Waals surface area (Å²) in [6.45, 7) is 0.640. The molecule has 1 heterocycles. The van der Waals surface area contributed by atoms with E-state index in [4.69, 9.17) is 26.8 Å². The molecule has 0 aliphatic heterocycles. The van der Waals surface area contributed by atoms with Crippen LogP contribution in [0, 0.1) is 0 Å². The second kappa shape index (κ2) is 22.0. The Morgan fingerprint density at radius 3 is 2.42 bits per heavy atom. The van der Waals surface area contributed by atoms with Crippen molar-refractivity contribution in [2.45, 2.75) is 63.3 Å². The third kappa shape index (κ3) is 11.6. The number of likely N-dealkylation sites (N-methyl/N-ethyl adjacent to an activating group) is 1. The van der Waals surface area contributed by atoms with Gasteiger partial charge < -0.3 is 45.7 Å². The van der Waals surface area contributed by atoms with Crippen molar-refractivity contribution in [2.75, 3.05) is 38.8 Å². The summed E-state index contributed by atoms with van der Waals surface area (Å²) >= 11 is 6.58. The molecule has 1 atom stereocenters. The highest BCUT2D eigenvalue weighted by Gasteiger charge is 2.31. The summed E-state index contributed by atoms with van der Waals surface area (Å²) in [4.78, 5) is 43.4. The van der Waals surface area contributed by atoms with Gasteiger partial charge in [0.15, 0.2) is 6.61 Å². The topological polar surface area (TPSA) is 191 Å². The van der Waals surface area contributed by atoms with Crippen LogP contribution >= 0.6 is 36.4 Å². The number of nitrogens with one attached hydrogen (secondary N) is 2. The molecular formula is C44H52Cl3N5O8. The number of pyridine rings is 1. The fourth-order valence-electron chi connectivity index (χ4n) is 7.52. The number of aliphatic hydroxyl groups is 1. The number of rotatable bonds is 16. The number of nitrogens with two attached hydrogens (primary N) is 1. The minimum absolute atomic E-state index is 0. The zero-order valence-electron chi connectivity index (χ0n) is 33.4. The fourth-order valence-corrected chi connectivity index (χ4v) is 7.76. The number of ether oxygens (including phenoxy) is 2. The van der Waals surface area contributed by atoms with Crippen molar-refractivity contribution in [2.24, 2.45) is 5.73 Å². The Hall–Kier alpha value is -5.02. The maximum absolute atomic E-state index is 13.1. The standard InChI is InChI=1S/C44H50ClN5O8.2ClH/c1-49(20-6-7-27-10-15-32(28-8-4-3-5-9-28)36(21-27)50(44(55)56)31-13-11-30(46)12-14-31)42(54)26-58-40-23-39(57-2)29(22-35(40)45)24-47-25-38(52)33-16-18-37(51)43-34(33)17-19-41(53)48-43;;/h3-5,8-10,15-19,21-23,30-31,38,47,51-52H,6-7,11-14,20,24-26,46H2,1-2H3,(H,48,53)(H,55,56);2*1H/t30-,31-,38-;;/m0../s1. The lowest BCUT2D eigenvalue weighted by Gasteiger charge is -2.35. The monoisotopic (exact) mass is 883 g/mol. The first-order valence-electron chi connectivity index (χ1n) is 19.4. The van der Waals surface area contributed by atoms with Crippen molar-refractivity contribution >= 4 is 65.0 Å². The number of aromatic nitrogens is 1. The maximum Gasteiger partial charge on any atom is 0.412 e. The molecule has 7 N–H and O–H groups in total. The Labute approximate surface area is 366 Å². The van der Waals surface area contributed by atoms with Gasteiger partial charge in [0.2, 0.25) is 5.56 Å². The van der Waals surface area contributed by atoms with Crippen molar-refractivity contribution in [3.05, 3.63) is 117 Å². The fraction of sp³-hybridized carbons (Fsp3) is 0.341. The van der Waals surface area contributed by atoms with E-state index in [-0.39, 0.29) is 90.1 Å². The van der Waals surface area contributed by atoms with Crippen LogP contribution in [0.5, 0.6) is 17.2 Å². The molecule has 6 rings (SSSR count). The number of aliphatic hydroxyl groups excluding tert-OH is 1. The molecule has 322 valence electrons. The molecule has 1 aliphatic rings. The summed E-state index contributed by atoms with van der Waals surface area (Å²) < 4.78 is 11.4. The third-order valence-electron chi connectivity index (χ3n) is 10.7. The minimum Gasteiger partial charge on any atom is -0.506 e. The number of aryl methyl sites for hydroxylation is 1. The van der Waals surface area contributed by atoms with Crippen molar-refractivity contribution in [3.63, 3.8) is 0 Å². The van der Waals surface area contributed by atoms with Gasteiger partial charge in [-0.2, -0.15) is 0 Å². The van der Waals surface area contributed by atoms with Crippen LogP contribution in [0.25, 0.3) is 22.0 Å². The van der Waals surface area contributed by atoms with Crippen LogP contribution in [0.3, 0.4) is 0 Å². The van der Waals surface area contributed by atoms with E-state index in [9.17, 15) is 29.7 Å². The smallest absolute Gasteiger partial charge is 0.412 e. The van der Waals surface area contributed by atoms with Crippen molar-refractivity contribution < 1.29 is 34.4 Å². The summed E-state index contributed by atoms with van der Waals surface area (Å²) in [5.74, 6) is 0.423. The number of aromatic hydroxyl groups is 1. The predicted octanol–water partition coefficient (Wildman–Crippen LogP) is 7.45. The van der Waals surface area contributed by atoms with Crippen LogP contribution in [0.1, 0.15) is 54.9 Å². The first-order valence-corrected chi connectivity index (χ1v) is 19.7. The van der Waals surface area contributed by atoms with E-state index in [0.29, 0.717) is 60.2 Å². The molecule has 0 unspecified atom stereocenters. The quantitative estimate of drug-likeness (QED) is 0.0580. The molecule has 0 radical (unpaired) electrons. The number of phenols is 1. The Morgan fingerprint density at radius 2 is 1.72 bits per heavy atom. The van der Waals surface area contributed by atoms with Crippen LogP contribution in [-0.4, -0.2) is 83.1 Å². The molecule has 1 aliphatic carbocycles. The number of benzene rings is 4. The van der Waals surface area contributed by atoms with E-state index in [1.165, 1.54) is 24.1 Å². The van der Waals surface area contributed by atoms with Crippen molar-refractivity contribution in [1.82, 2.24) is 15.2 Å². The average Bonchev–Trinajstić information content (AvgIpc) is 3.21. The van der Waals surface area contributed by atoms with E-state index < -0.39 is 12.2 Å². The second-order valence-corrected chi connectivity index (χ2v) is 15.1. The molecule has 5 aromatic rings. The largest absolute Gasteiger partial charge is 0.506 e. The SMILES string of the molecule is COc1cc(OCC(=O)N(C)CCCc2ccc(-c3ccccc3)c(N(C(=O)O)[C@H]3CC[C@H](N)CC3)c2)c(Cl)cc1CNC[C@H](O)c1ccc(O)c2[nH]c(=O)ccc12.Cl.Cl. The number of nitrogens with zero attached hydrogens (tertiary/aromatic N) is 2. The molecule has 60 heavy (non-hydrogen) atoms. The number of carbonyl (C=O) groups excluding carboxylic acids is 1. The molecule has 16 heteroatoms. The number of amides is 2. The Kier molecular flexibility index (Phi) is 17.5. The molecule has 13 nitrogen and oxygen atoms in total. The van der Waals surface area contributed by atoms with Gasteiger partial charge in [-0.25, -0.2) is 4.79 Å². The molecule has 0 saturated heterocycles. The summed E-state index contributed by atoms with van der Waals surface area (Å²) in [5, 5.41) is 35.5. The maximum atomic E-state index is 13.1. The van der Waals surface area contributed by atoms with E-state index in [0.717, 1.165) is 29.5 Å². The molecular weight excluding hydrogens is 833 g/mol. The molecule has 1 saturated carbocycles. The lowest BCUT2D eigenvalue weighted by Crippen LogP contribution is -2.44. The predicted molar refractivity (Wildman–Crippen MR) is 239 cm³/mol. The highest BCUT2D eigenvalue weighted by atomic mass is 35.5. The molecule has 4 aromatic carbocycles. The van der Waals surface area contributed by atoms with Crippen LogP contribution in [-0.2, 0) is 17.8 Å². The summed E-state index contributed by atoms with van der Waals surface area (Å²) in [7, 11) is 3.22. The Bertz CT molecular complexity index is 2290. The number of phenolic OH excluding ortho intramolecular Hbond substituents is 1. The van der Waals surface area contributed by atoms with E-state index in [1.54, 1.807) is 36.2 Å². The number of anilines is 1. The van der Waals surface area contributed by atoms with Crippen LogP contribution in [0.4, 0.5) is 10.5 Å². The van der Waals surface area contributed by atoms with Crippen molar-refractivity contribution in [3.8, 4) is 28.4 Å². The molecule has 0 bridgehead atoms. The zero-order valence-corrected chi connectivity index (χ0v) is 35.8. The number of halogens is 3. The highest BCUT2D eigenvalue weighted by Crippen LogP contribution is 2.37. The third-order valence-corrected chi connectivity index (χ3v) is 11.0. The number of H-pyrrole nitrogens is 1. The number of hydrogen-bond donors (Lipinski definition) is 6. The summed E-state index contributed by atoms with van der Waals surface area (Å²) in [6, 6.07) is 24.9. The number of carboxylic acid groups (broad SMARTS) is 1. The summed E-state index contributed by atoms with van der Waals surface area (Å²) in [6.07, 6.45) is 2.31. The number of fused-ring (bicyclic) bond motifs is 1. The van der Waals surface area contributed by atoms with Gasteiger partial charge in [-0.15, -0.1) is 24.8 Å². The average molecular weight is 885 g/mol. The van der Waals surface area contributed by atoms with Crippen LogP contribution < -0.4 is 31.0 Å². The Morgan fingerprint density at radius 1 is 0.983 bits per heavy atom. The van der Waals surface area contributed by atoms with Crippen LogP contribution in [0.15, 0.2) is 89.7 Å². The second-order valence-electron chi connectivity index (χ2n) is 14.7. The molecule has 0 spiro atoms. The van der Waals surface area contributed by atoms with Crippen LogP contribution in [0.2, 0.25) is 5.02 Å². The van der Waals surface area contributed by atoms with Crippen molar-refractivity contribution in [1.29, 1.82) is 0 Å².